The Kier molecular flexibility index (Phi) is 7.61. The molecule has 10 nitrogen and oxygen atoms in total. The van der Waals surface area contributed by atoms with Gasteiger partial charge in [0.2, 0.25) is 5.89 Å². The van der Waals surface area contributed by atoms with Crippen molar-refractivity contribution in [3.8, 4) is 23.0 Å². The molecule has 0 aliphatic carbocycles. The van der Waals surface area contributed by atoms with Gasteiger partial charge in [0, 0.05) is 23.7 Å². The van der Waals surface area contributed by atoms with E-state index < -0.39 is 5.97 Å². The number of rotatable bonds is 8. The molecule has 2 heterocycles. The smallest absolute Gasteiger partial charge is 0.338 e. The molecule has 178 valence electrons. The molecule has 11 heteroatoms. The number of aromatic nitrogens is 2. The molecule has 0 N–H and O–H groups in total. The van der Waals surface area contributed by atoms with Crippen molar-refractivity contribution in [2.75, 3.05) is 40.0 Å². The number of hydrogen-bond donors (Lipinski definition) is 0. The zero-order chi connectivity index (χ0) is 23.9. The highest BCUT2D eigenvalue weighted by atomic mass is 35.5. The Morgan fingerprint density at radius 2 is 1.82 bits per heavy atom. The van der Waals surface area contributed by atoms with E-state index in [1.165, 1.54) is 19.2 Å². The van der Waals surface area contributed by atoms with Crippen LogP contribution < -0.4 is 9.47 Å². The number of amides is 1. The van der Waals surface area contributed by atoms with Crippen LogP contribution >= 0.6 is 11.6 Å². The van der Waals surface area contributed by atoms with Gasteiger partial charge in [-0.2, -0.15) is 0 Å². The van der Waals surface area contributed by atoms with Gasteiger partial charge in [-0.15, -0.1) is 10.2 Å². The largest absolute Gasteiger partial charge is 0.493 e. The highest BCUT2D eigenvalue weighted by molar-refractivity contribution is 6.30. The highest BCUT2D eigenvalue weighted by Gasteiger charge is 2.19. The Labute approximate surface area is 200 Å². The topological polar surface area (TPSA) is 113 Å². The minimum Gasteiger partial charge on any atom is -0.493 e. The first-order chi connectivity index (χ1) is 16.5. The first-order valence-corrected chi connectivity index (χ1v) is 10.8. The molecule has 0 radical (unpaired) electrons. The van der Waals surface area contributed by atoms with Crippen molar-refractivity contribution in [1.29, 1.82) is 0 Å². The third-order valence-corrected chi connectivity index (χ3v) is 5.25. The van der Waals surface area contributed by atoms with E-state index in [4.69, 9.17) is 35.0 Å². The second-order valence-electron chi connectivity index (χ2n) is 7.23. The first kappa shape index (κ1) is 23.5. The first-order valence-electron chi connectivity index (χ1n) is 10.5. The molecule has 1 aliphatic rings. The zero-order valence-corrected chi connectivity index (χ0v) is 19.1. The van der Waals surface area contributed by atoms with E-state index in [1.54, 1.807) is 35.2 Å². The van der Waals surface area contributed by atoms with Crippen LogP contribution in [0.15, 0.2) is 46.9 Å². The molecule has 1 aromatic heterocycles. The number of esters is 1. The van der Waals surface area contributed by atoms with Gasteiger partial charge in [0.05, 0.1) is 25.9 Å². The van der Waals surface area contributed by atoms with Gasteiger partial charge in [-0.05, 0) is 42.5 Å². The lowest BCUT2D eigenvalue weighted by Crippen LogP contribution is -2.43. The van der Waals surface area contributed by atoms with Crippen LogP contribution in [0.3, 0.4) is 0 Å². The number of carbonyl (C=O) groups excluding carboxylic acids is 2. The molecule has 0 saturated carbocycles. The standard InChI is InChI=1S/C23H22ClN3O7/c1-30-19-12-16(4-7-18(19)32-14-21(28)27-8-10-31-11-9-27)23(29)33-13-20-25-26-22(34-20)15-2-5-17(24)6-3-15/h2-7,12H,8-11,13-14H2,1H3. The summed E-state index contributed by atoms with van der Waals surface area (Å²) in [5.74, 6) is 0.313. The van der Waals surface area contributed by atoms with Gasteiger partial charge >= 0.3 is 5.97 Å². The van der Waals surface area contributed by atoms with Crippen LogP contribution in [0.4, 0.5) is 0 Å². The fraction of sp³-hybridized carbons (Fsp3) is 0.304. The molecular formula is C23H22ClN3O7. The SMILES string of the molecule is COc1cc(C(=O)OCc2nnc(-c3ccc(Cl)cc3)o2)ccc1OCC(=O)N1CCOCC1. The number of ether oxygens (including phenoxy) is 4. The molecule has 1 aliphatic heterocycles. The number of nitrogens with zero attached hydrogens (tertiary/aromatic N) is 3. The molecular weight excluding hydrogens is 466 g/mol. The van der Waals surface area contributed by atoms with E-state index in [9.17, 15) is 9.59 Å². The van der Waals surface area contributed by atoms with Crippen molar-refractivity contribution < 1.29 is 33.0 Å². The molecule has 0 unspecified atom stereocenters. The van der Waals surface area contributed by atoms with Crippen molar-refractivity contribution in [3.05, 3.63) is 58.9 Å². The summed E-state index contributed by atoms with van der Waals surface area (Å²) in [5, 5.41) is 8.43. The van der Waals surface area contributed by atoms with Crippen LogP contribution in [0.25, 0.3) is 11.5 Å². The average Bonchev–Trinajstić information content (AvgIpc) is 3.35. The molecule has 2 aromatic carbocycles. The van der Waals surface area contributed by atoms with Gasteiger partial charge in [0.1, 0.15) is 0 Å². The molecule has 0 bridgehead atoms. The fourth-order valence-electron chi connectivity index (χ4n) is 3.19. The number of morpholine rings is 1. The third kappa shape index (κ3) is 5.83. The van der Waals surface area contributed by atoms with Gasteiger partial charge in [-0.3, -0.25) is 4.79 Å². The summed E-state index contributed by atoms with van der Waals surface area (Å²) in [4.78, 5) is 26.4. The molecule has 1 amide bonds. The minimum absolute atomic E-state index is 0.145. The van der Waals surface area contributed by atoms with E-state index in [1.807, 2.05) is 0 Å². The molecule has 3 aromatic rings. The highest BCUT2D eigenvalue weighted by Crippen LogP contribution is 2.29. The number of methoxy groups -OCH3 is 1. The Hall–Kier alpha value is -3.63. The second-order valence-corrected chi connectivity index (χ2v) is 7.67. The average molecular weight is 488 g/mol. The van der Waals surface area contributed by atoms with Gasteiger partial charge in [0.15, 0.2) is 24.7 Å². The Morgan fingerprint density at radius 1 is 1.06 bits per heavy atom. The molecule has 4 rings (SSSR count). The fourth-order valence-corrected chi connectivity index (χ4v) is 3.31. The maximum atomic E-state index is 12.5. The lowest BCUT2D eigenvalue weighted by atomic mass is 10.2. The quantitative estimate of drug-likeness (QED) is 0.442. The lowest BCUT2D eigenvalue weighted by Gasteiger charge is -2.26. The number of carbonyl (C=O) groups is 2. The van der Waals surface area contributed by atoms with Gasteiger partial charge in [0.25, 0.3) is 11.8 Å². The van der Waals surface area contributed by atoms with Gasteiger partial charge in [-0.1, -0.05) is 11.6 Å². The van der Waals surface area contributed by atoms with E-state index in [2.05, 4.69) is 10.2 Å². The van der Waals surface area contributed by atoms with Crippen molar-refractivity contribution in [3.63, 3.8) is 0 Å². The lowest BCUT2D eigenvalue weighted by molar-refractivity contribution is -0.137. The maximum Gasteiger partial charge on any atom is 0.338 e. The summed E-state index contributed by atoms with van der Waals surface area (Å²) in [6, 6.07) is 11.5. The predicted molar refractivity (Wildman–Crippen MR) is 120 cm³/mol. The zero-order valence-electron chi connectivity index (χ0n) is 18.4. The number of halogens is 1. The van der Waals surface area contributed by atoms with Crippen molar-refractivity contribution in [1.82, 2.24) is 15.1 Å². The molecule has 0 spiro atoms. The van der Waals surface area contributed by atoms with Crippen LogP contribution in [0, 0.1) is 0 Å². The van der Waals surface area contributed by atoms with E-state index in [0.29, 0.717) is 48.4 Å². The number of hydrogen-bond acceptors (Lipinski definition) is 9. The summed E-state index contributed by atoms with van der Waals surface area (Å²) in [5.41, 5.74) is 0.933. The Balaban J connectivity index is 1.33. The minimum atomic E-state index is -0.611. The van der Waals surface area contributed by atoms with Crippen molar-refractivity contribution >= 4 is 23.5 Å². The van der Waals surface area contributed by atoms with Gasteiger partial charge < -0.3 is 28.3 Å². The summed E-state index contributed by atoms with van der Waals surface area (Å²) in [7, 11) is 1.44. The van der Waals surface area contributed by atoms with Crippen molar-refractivity contribution in [2.45, 2.75) is 6.61 Å². The summed E-state index contributed by atoms with van der Waals surface area (Å²) in [6.45, 7) is 1.74. The van der Waals surface area contributed by atoms with Crippen molar-refractivity contribution in [2.24, 2.45) is 0 Å². The summed E-state index contributed by atoms with van der Waals surface area (Å²) >= 11 is 5.88. The summed E-state index contributed by atoms with van der Waals surface area (Å²) in [6.07, 6.45) is 0. The van der Waals surface area contributed by atoms with Crippen LogP contribution in [-0.4, -0.2) is 67.0 Å². The van der Waals surface area contributed by atoms with Crippen LogP contribution in [0.1, 0.15) is 16.2 Å². The van der Waals surface area contributed by atoms with E-state index in [-0.39, 0.29) is 36.5 Å². The Morgan fingerprint density at radius 3 is 2.56 bits per heavy atom. The third-order valence-electron chi connectivity index (χ3n) is 5.00. The maximum absolute atomic E-state index is 12.5. The van der Waals surface area contributed by atoms with E-state index >= 15 is 0 Å². The molecule has 34 heavy (non-hydrogen) atoms. The number of benzene rings is 2. The monoisotopic (exact) mass is 487 g/mol. The van der Waals surface area contributed by atoms with Gasteiger partial charge in [-0.25, -0.2) is 4.79 Å². The molecule has 1 saturated heterocycles. The summed E-state index contributed by atoms with van der Waals surface area (Å²) < 4.78 is 27.0. The predicted octanol–water partition coefficient (Wildman–Crippen LogP) is 2.99. The van der Waals surface area contributed by atoms with E-state index in [0.717, 1.165) is 0 Å². The van der Waals surface area contributed by atoms with Crippen LogP contribution in [-0.2, 0) is 20.9 Å². The van der Waals surface area contributed by atoms with Crippen LogP contribution in [0.5, 0.6) is 11.5 Å². The normalized spacial score (nSPS) is 13.4. The Bertz CT molecular complexity index is 1140. The molecule has 1 fully saturated rings. The second kappa shape index (κ2) is 11.0. The molecule has 0 atom stereocenters. The van der Waals surface area contributed by atoms with Crippen LogP contribution in [0.2, 0.25) is 5.02 Å².